The first kappa shape index (κ1) is 13.0. The lowest BCUT2D eigenvalue weighted by Gasteiger charge is -2.26. The highest BCUT2D eigenvalue weighted by Crippen LogP contribution is 2.31. The predicted molar refractivity (Wildman–Crippen MR) is 68.7 cm³/mol. The molecule has 0 radical (unpaired) electrons. The van der Waals surface area contributed by atoms with Crippen molar-refractivity contribution in [2.45, 2.75) is 32.7 Å². The summed E-state index contributed by atoms with van der Waals surface area (Å²) in [4.78, 5) is 12.3. The van der Waals surface area contributed by atoms with Crippen LogP contribution in [0.5, 0.6) is 0 Å². The summed E-state index contributed by atoms with van der Waals surface area (Å²) in [6, 6.07) is 3.69. The molecule has 1 amide bonds. The molecule has 1 aromatic rings. The Bertz CT molecular complexity index is 387. The average Bonchev–Trinajstić information content (AvgIpc) is 2.87. The maximum Gasteiger partial charge on any atom is 0.227 e. The molecule has 18 heavy (non-hydrogen) atoms. The van der Waals surface area contributed by atoms with E-state index >= 15 is 0 Å². The molecule has 1 aliphatic heterocycles. The second-order valence-electron chi connectivity index (χ2n) is 4.85. The second-order valence-corrected chi connectivity index (χ2v) is 4.85. The number of carbonyl (C=O) groups is 1. The van der Waals surface area contributed by atoms with Gasteiger partial charge in [-0.2, -0.15) is 10.2 Å². The fraction of sp³-hybridized carbons (Fsp3) is 0.615. The Kier molecular flexibility index (Phi) is 4.25. The van der Waals surface area contributed by atoms with Crippen LogP contribution in [0.3, 0.4) is 0 Å². The van der Waals surface area contributed by atoms with E-state index in [0.29, 0.717) is 6.54 Å². The normalized spacial score (nSPS) is 22.9. The molecule has 2 rings (SSSR count). The molecule has 0 saturated carbocycles. The number of hydrogen-bond donors (Lipinski definition) is 2. The molecular formula is C13H20N4O. The lowest BCUT2D eigenvalue weighted by Crippen LogP contribution is -2.42. The quantitative estimate of drug-likeness (QED) is 0.811. The van der Waals surface area contributed by atoms with Crippen LogP contribution in [0.1, 0.15) is 31.9 Å². The highest BCUT2D eigenvalue weighted by Gasteiger charge is 2.39. The van der Waals surface area contributed by atoms with Crippen molar-refractivity contribution in [1.82, 2.24) is 20.8 Å². The van der Waals surface area contributed by atoms with Gasteiger partial charge in [0.15, 0.2) is 0 Å². The minimum Gasteiger partial charge on any atom is -0.350 e. The van der Waals surface area contributed by atoms with Crippen molar-refractivity contribution in [3.8, 4) is 0 Å². The van der Waals surface area contributed by atoms with E-state index in [1.807, 2.05) is 12.1 Å². The van der Waals surface area contributed by atoms with Crippen LogP contribution in [0.25, 0.3) is 0 Å². The van der Waals surface area contributed by atoms with Crippen LogP contribution in [-0.4, -0.2) is 29.2 Å². The fourth-order valence-electron chi connectivity index (χ4n) is 2.53. The monoisotopic (exact) mass is 248 g/mol. The van der Waals surface area contributed by atoms with Gasteiger partial charge in [0, 0.05) is 12.7 Å². The topological polar surface area (TPSA) is 66.9 Å². The maximum atomic E-state index is 12.3. The molecule has 1 unspecified atom stereocenters. The Morgan fingerprint density at radius 1 is 1.61 bits per heavy atom. The highest BCUT2D eigenvalue weighted by atomic mass is 16.2. The van der Waals surface area contributed by atoms with Gasteiger partial charge in [-0.3, -0.25) is 4.79 Å². The van der Waals surface area contributed by atoms with E-state index in [2.05, 4.69) is 27.8 Å². The van der Waals surface area contributed by atoms with Crippen molar-refractivity contribution in [2.75, 3.05) is 13.1 Å². The SMILES string of the molecule is CCCC1(C(=O)NCc2cccnn2)CCNC1. The molecule has 1 aliphatic rings. The lowest BCUT2D eigenvalue weighted by molar-refractivity contribution is -0.130. The van der Waals surface area contributed by atoms with Gasteiger partial charge in [-0.25, -0.2) is 0 Å². The number of rotatable bonds is 5. The van der Waals surface area contributed by atoms with Gasteiger partial charge in [0.25, 0.3) is 0 Å². The Hall–Kier alpha value is -1.49. The number of nitrogens with one attached hydrogen (secondary N) is 2. The van der Waals surface area contributed by atoms with E-state index in [1.165, 1.54) is 0 Å². The van der Waals surface area contributed by atoms with Crippen LogP contribution >= 0.6 is 0 Å². The van der Waals surface area contributed by atoms with Crippen molar-refractivity contribution in [2.24, 2.45) is 5.41 Å². The van der Waals surface area contributed by atoms with Crippen molar-refractivity contribution in [1.29, 1.82) is 0 Å². The third-order valence-corrected chi connectivity index (χ3v) is 3.51. The summed E-state index contributed by atoms with van der Waals surface area (Å²) in [6.07, 6.45) is 4.52. The number of hydrogen-bond acceptors (Lipinski definition) is 4. The van der Waals surface area contributed by atoms with Gasteiger partial charge in [0.2, 0.25) is 5.91 Å². The molecule has 1 aromatic heterocycles. The summed E-state index contributed by atoms with van der Waals surface area (Å²) in [5.74, 6) is 0.139. The molecular weight excluding hydrogens is 228 g/mol. The minimum atomic E-state index is -0.225. The van der Waals surface area contributed by atoms with Gasteiger partial charge in [-0.05, 0) is 31.5 Å². The van der Waals surface area contributed by atoms with Crippen LogP contribution in [0, 0.1) is 5.41 Å². The summed E-state index contributed by atoms with van der Waals surface area (Å²) in [5.41, 5.74) is 0.570. The second kappa shape index (κ2) is 5.91. The molecule has 0 aromatic carbocycles. The van der Waals surface area contributed by atoms with Crippen LogP contribution in [0.2, 0.25) is 0 Å². The number of nitrogens with zero attached hydrogens (tertiary/aromatic N) is 2. The molecule has 5 nitrogen and oxygen atoms in total. The molecule has 5 heteroatoms. The largest absolute Gasteiger partial charge is 0.350 e. The molecule has 0 spiro atoms. The number of carbonyl (C=O) groups excluding carboxylic acids is 1. The summed E-state index contributed by atoms with van der Waals surface area (Å²) in [6.45, 7) is 4.29. The zero-order valence-corrected chi connectivity index (χ0v) is 10.8. The molecule has 2 heterocycles. The molecule has 1 saturated heterocycles. The first-order valence-electron chi connectivity index (χ1n) is 6.52. The molecule has 0 aliphatic carbocycles. The number of aromatic nitrogens is 2. The highest BCUT2D eigenvalue weighted by molar-refractivity contribution is 5.83. The first-order chi connectivity index (χ1) is 8.77. The first-order valence-corrected chi connectivity index (χ1v) is 6.52. The van der Waals surface area contributed by atoms with Gasteiger partial charge in [0.05, 0.1) is 17.7 Å². The third kappa shape index (κ3) is 2.85. The molecule has 1 fully saturated rings. The van der Waals surface area contributed by atoms with Gasteiger partial charge in [-0.1, -0.05) is 13.3 Å². The maximum absolute atomic E-state index is 12.3. The number of amides is 1. The van der Waals surface area contributed by atoms with Gasteiger partial charge >= 0.3 is 0 Å². The van der Waals surface area contributed by atoms with Gasteiger partial charge in [-0.15, -0.1) is 0 Å². The Morgan fingerprint density at radius 3 is 3.11 bits per heavy atom. The standard InChI is InChI=1S/C13H20N4O/c1-2-5-13(6-8-14-10-13)12(18)15-9-11-4-3-7-16-17-11/h3-4,7,14H,2,5-6,8-10H2,1H3,(H,15,18). The van der Waals surface area contributed by atoms with E-state index in [-0.39, 0.29) is 11.3 Å². The van der Waals surface area contributed by atoms with E-state index < -0.39 is 0 Å². The Morgan fingerprint density at radius 2 is 2.50 bits per heavy atom. The molecule has 0 bridgehead atoms. The predicted octanol–water partition coefficient (Wildman–Crippen LogP) is 0.873. The third-order valence-electron chi connectivity index (χ3n) is 3.51. The van der Waals surface area contributed by atoms with E-state index in [4.69, 9.17) is 0 Å². The summed E-state index contributed by atoms with van der Waals surface area (Å²) >= 11 is 0. The van der Waals surface area contributed by atoms with Crippen molar-refractivity contribution in [3.05, 3.63) is 24.0 Å². The zero-order chi connectivity index (χ0) is 12.8. The van der Waals surface area contributed by atoms with Crippen LogP contribution in [0.15, 0.2) is 18.3 Å². The van der Waals surface area contributed by atoms with E-state index in [1.54, 1.807) is 6.20 Å². The van der Waals surface area contributed by atoms with Gasteiger partial charge < -0.3 is 10.6 Å². The van der Waals surface area contributed by atoms with Gasteiger partial charge in [0.1, 0.15) is 0 Å². The molecule has 2 N–H and O–H groups in total. The van der Waals surface area contributed by atoms with Crippen LogP contribution in [-0.2, 0) is 11.3 Å². The van der Waals surface area contributed by atoms with E-state index in [0.717, 1.165) is 38.0 Å². The van der Waals surface area contributed by atoms with Crippen molar-refractivity contribution < 1.29 is 4.79 Å². The lowest BCUT2D eigenvalue weighted by atomic mass is 9.81. The summed E-state index contributed by atoms with van der Waals surface area (Å²) in [5, 5.41) is 14.0. The summed E-state index contributed by atoms with van der Waals surface area (Å²) < 4.78 is 0. The fourth-order valence-corrected chi connectivity index (χ4v) is 2.53. The van der Waals surface area contributed by atoms with Crippen molar-refractivity contribution >= 4 is 5.91 Å². The smallest absolute Gasteiger partial charge is 0.227 e. The van der Waals surface area contributed by atoms with Crippen LogP contribution in [0.4, 0.5) is 0 Å². The van der Waals surface area contributed by atoms with Crippen LogP contribution < -0.4 is 10.6 Å². The Labute approximate surface area is 107 Å². The minimum absolute atomic E-state index is 0.139. The molecule has 1 atom stereocenters. The Balaban J connectivity index is 1.94. The molecule has 98 valence electrons. The summed E-state index contributed by atoms with van der Waals surface area (Å²) in [7, 11) is 0. The van der Waals surface area contributed by atoms with E-state index in [9.17, 15) is 4.79 Å². The zero-order valence-electron chi connectivity index (χ0n) is 10.8. The van der Waals surface area contributed by atoms with Crippen molar-refractivity contribution in [3.63, 3.8) is 0 Å². The average molecular weight is 248 g/mol.